The van der Waals surface area contributed by atoms with E-state index in [1.807, 2.05) is 0 Å². The van der Waals surface area contributed by atoms with Crippen LogP contribution in [0.25, 0.3) is 0 Å². The maximum absolute atomic E-state index is 12.4. The van der Waals surface area contributed by atoms with Gasteiger partial charge < -0.3 is 14.2 Å². The summed E-state index contributed by atoms with van der Waals surface area (Å²) in [6, 6.07) is 2.71. The molecular formula is C14H15N5O7S. The van der Waals surface area contributed by atoms with Crippen LogP contribution in [0.5, 0.6) is 11.8 Å². The van der Waals surface area contributed by atoms with Crippen LogP contribution in [0.2, 0.25) is 0 Å². The molecule has 2 N–H and O–H groups in total. The summed E-state index contributed by atoms with van der Waals surface area (Å²) in [5, 5.41) is 1.45. The average molecular weight is 397 g/mol. The average Bonchev–Trinajstić information content (AvgIpc) is 2.66. The number of nitrogens with one attached hydrogen (secondary N) is 2. The van der Waals surface area contributed by atoms with Crippen LogP contribution in [-0.4, -0.2) is 56.7 Å². The lowest BCUT2D eigenvalue weighted by atomic mass is 10.3. The van der Waals surface area contributed by atoms with Crippen molar-refractivity contribution in [1.29, 1.82) is 0 Å². The number of carbonyl (C=O) groups is 2. The largest absolute Gasteiger partial charge is 0.481 e. The van der Waals surface area contributed by atoms with Crippen molar-refractivity contribution in [2.24, 2.45) is 0 Å². The van der Waals surface area contributed by atoms with E-state index in [4.69, 9.17) is 9.47 Å². The van der Waals surface area contributed by atoms with Gasteiger partial charge in [-0.05, 0) is 12.1 Å². The second-order valence-corrected chi connectivity index (χ2v) is 6.28. The molecule has 0 aliphatic carbocycles. The molecule has 0 unspecified atom stereocenters. The van der Waals surface area contributed by atoms with E-state index in [1.54, 1.807) is 4.72 Å². The van der Waals surface area contributed by atoms with Crippen molar-refractivity contribution in [3.63, 3.8) is 0 Å². The molecule has 0 atom stereocenters. The van der Waals surface area contributed by atoms with Gasteiger partial charge in [-0.3, -0.25) is 5.32 Å². The summed E-state index contributed by atoms with van der Waals surface area (Å²) >= 11 is 0. The van der Waals surface area contributed by atoms with E-state index in [0.717, 1.165) is 13.3 Å². The molecule has 12 nitrogen and oxygen atoms in total. The summed E-state index contributed by atoms with van der Waals surface area (Å²) in [6.45, 7) is 0. The Hall–Kier alpha value is -3.48. The highest BCUT2D eigenvalue weighted by Gasteiger charge is 2.26. The van der Waals surface area contributed by atoms with Crippen molar-refractivity contribution < 1.29 is 32.2 Å². The van der Waals surface area contributed by atoms with Crippen LogP contribution in [0.1, 0.15) is 10.4 Å². The lowest BCUT2D eigenvalue weighted by molar-refractivity contribution is 0.0595. The zero-order chi connectivity index (χ0) is 20.0. The minimum atomic E-state index is -4.49. The third kappa shape index (κ3) is 4.78. The minimum Gasteiger partial charge on any atom is -0.481 e. The second-order valence-electron chi connectivity index (χ2n) is 4.68. The Labute approximate surface area is 153 Å². The first-order valence-corrected chi connectivity index (χ1v) is 8.63. The number of anilines is 1. The van der Waals surface area contributed by atoms with Gasteiger partial charge in [0.25, 0.3) is 10.0 Å². The summed E-state index contributed by atoms with van der Waals surface area (Å²) in [5.74, 6) is -1.03. The number of pyridine rings is 1. The highest BCUT2D eigenvalue weighted by molar-refractivity contribution is 7.90. The number of rotatable bonds is 6. The smallest absolute Gasteiger partial charge is 0.340 e. The number of sulfonamides is 1. The second kappa shape index (κ2) is 8.27. The molecule has 0 aliphatic heterocycles. The maximum atomic E-state index is 12.4. The molecule has 2 amide bonds. The van der Waals surface area contributed by atoms with Gasteiger partial charge in [0.2, 0.25) is 17.7 Å². The normalized spacial score (nSPS) is 10.6. The Bertz CT molecular complexity index is 942. The minimum absolute atomic E-state index is 0.0812. The van der Waals surface area contributed by atoms with Gasteiger partial charge in [-0.2, -0.15) is 18.4 Å². The molecule has 0 bridgehead atoms. The first-order chi connectivity index (χ1) is 12.8. The van der Waals surface area contributed by atoms with E-state index in [0.29, 0.717) is 0 Å². The molecule has 0 spiro atoms. The SMILES string of the molecule is COC(=O)c1cccnc1S(=O)(=O)NC(=O)Nc1nc(OC)cc(OC)n1. The number of nitrogens with zero attached hydrogens (tertiary/aromatic N) is 3. The Balaban J connectivity index is 2.24. The molecular weight excluding hydrogens is 382 g/mol. The van der Waals surface area contributed by atoms with Gasteiger partial charge in [-0.1, -0.05) is 0 Å². The van der Waals surface area contributed by atoms with Crippen LogP contribution < -0.4 is 19.5 Å². The predicted octanol–water partition coefficient (Wildman–Crippen LogP) is 0.186. The summed E-state index contributed by atoms with van der Waals surface area (Å²) in [6.07, 6.45) is 1.15. The zero-order valence-corrected chi connectivity index (χ0v) is 15.2. The molecule has 0 radical (unpaired) electrons. The van der Waals surface area contributed by atoms with Crippen LogP contribution in [-0.2, 0) is 14.8 Å². The fourth-order valence-corrected chi connectivity index (χ4v) is 2.87. The van der Waals surface area contributed by atoms with Gasteiger partial charge in [0.1, 0.15) is 0 Å². The fraction of sp³-hybridized carbons (Fsp3) is 0.214. The van der Waals surface area contributed by atoms with Crippen molar-refractivity contribution in [3.8, 4) is 11.8 Å². The molecule has 0 aliphatic rings. The number of urea groups is 1. The van der Waals surface area contributed by atoms with E-state index >= 15 is 0 Å². The molecule has 2 aromatic rings. The fourth-order valence-electron chi connectivity index (χ4n) is 1.84. The number of hydrogen-bond donors (Lipinski definition) is 2. The number of amides is 2. The number of aromatic nitrogens is 3. The molecule has 13 heteroatoms. The van der Waals surface area contributed by atoms with Crippen molar-refractivity contribution in [2.75, 3.05) is 26.6 Å². The predicted molar refractivity (Wildman–Crippen MR) is 90.1 cm³/mol. The Morgan fingerprint density at radius 2 is 1.70 bits per heavy atom. The van der Waals surface area contributed by atoms with E-state index in [-0.39, 0.29) is 23.3 Å². The zero-order valence-electron chi connectivity index (χ0n) is 14.4. The molecule has 2 rings (SSSR count). The number of esters is 1. The molecule has 0 saturated carbocycles. The molecule has 0 saturated heterocycles. The molecule has 2 heterocycles. The monoisotopic (exact) mass is 397 g/mol. The highest BCUT2D eigenvalue weighted by atomic mass is 32.2. The topological polar surface area (TPSA) is 159 Å². The quantitative estimate of drug-likeness (QED) is 0.644. The highest BCUT2D eigenvalue weighted by Crippen LogP contribution is 2.17. The van der Waals surface area contributed by atoms with Crippen LogP contribution in [0.15, 0.2) is 29.4 Å². The van der Waals surface area contributed by atoms with Crippen LogP contribution >= 0.6 is 0 Å². The summed E-state index contributed by atoms with van der Waals surface area (Å²) in [7, 11) is -0.728. The lowest BCUT2D eigenvalue weighted by Gasteiger charge is -2.10. The first kappa shape index (κ1) is 19.8. The van der Waals surface area contributed by atoms with E-state index in [2.05, 4.69) is 25.0 Å². The van der Waals surface area contributed by atoms with E-state index in [9.17, 15) is 18.0 Å². The van der Waals surface area contributed by atoms with Crippen LogP contribution in [0, 0.1) is 0 Å². The van der Waals surface area contributed by atoms with Gasteiger partial charge in [0.05, 0.1) is 33.0 Å². The molecule has 0 fully saturated rings. The third-order valence-corrected chi connectivity index (χ3v) is 4.27. The van der Waals surface area contributed by atoms with Crippen molar-refractivity contribution in [3.05, 3.63) is 30.0 Å². The molecule has 0 aromatic carbocycles. The Morgan fingerprint density at radius 1 is 1.07 bits per heavy atom. The number of methoxy groups -OCH3 is 3. The molecule has 144 valence electrons. The van der Waals surface area contributed by atoms with Crippen molar-refractivity contribution in [2.45, 2.75) is 5.03 Å². The molecule has 2 aromatic heterocycles. The number of hydrogen-bond acceptors (Lipinski definition) is 10. The third-order valence-electron chi connectivity index (χ3n) is 2.98. The lowest BCUT2D eigenvalue weighted by Crippen LogP contribution is -2.36. The summed E-state index contributed by atoms with van der Waals surface area (Å²) in [5.41, 5.74) is -0.334. The van der Waals surface area contributed by atoms with E-state index < -0.39 is 27.0 Å². The van der Waals surface area contributed by atoms with Gasteiger partial charge in [-0.15, -0.1) is 0 Å². The van der Waals surface area contributed by atoms with Gasteiger partial charge in [-0.25, -0.2) is 19.3 Å². The van der Waals surface area contributed by atoms with Crippen LogP contribution in [0.3, 0.4) is 0 Å². The number of carbonyl (C=O) groups excluding carboxylic acids is 2. The first-order valence-electron chi connectivity index (χ1n) is 7.15. The number of ether oxygens (including phenoxy) is 3. The summed E-state index contributed by atoms with van der Waals surface area (Å²) in [4.78, 5) is 35.0. The molecule has 27 heavy (non-hydrogen) atoms. The van der Waals surface area contributed by atoms with Crippen molar-refractivity contribution in [1.82, 2.24) is 19.7 Å². The Kier molecular flexibility index (Phi) is 6.07. The van der Waals surface area contributed by atoms with Gasteiger partial charge in [0.15, 0.2) is 5.03 Å². The maximum Gasteiger partial charge on any atom is 0.340 e. The van der Waals surface area contributed by atoms with Gasteiger partial charge >= 0.3 is 12.0 Å². The van der Waals surface area contributed by atoms with E-state index in [1.165, 1.54) is 32.4 Å². The standard InChI is InChI=1S/C14H15N5O7S/c1-24-9-7-10(25-2)17-13(16-9)18-14(21)19-27(22,23)11-8(12(20)26-3)5-4-6-15-11/h4-7H,1-3H3,(H2,16,17,18,19,21). The summed E-state index contributed by atoms with van der Waals surface area (Å²) < 4.78 is 40.8. The van der Waals surface area contributed by atoms with Gasteiger partial charge in [0, 0.05) is 6.20 Å². The van der Waals surface area contributed by atoms with Crippen LogP contribution in [0.4, 0.5) is 10.7 Å². The Morgan fingerprint density at radius 3 is 2.26 bits per heavy atom. The van der Waals surface area contributed by atoms with Crippen molar-refractivity contribution >= 4 is 28.0 Å².